The highest BCUT2D eigenvalue weighted by molar-refractivity contribution is 7.47. The van der Waals surface area contributed by atoms with Crippen molar-refractivity contribution in [3.8, 4) is 0 Å². The predicted molar refractivity (Wildman–Crippen MR) is 253 cm³/mol. The Hall–Kier alpha value is -2.84. The monoisotopic (exact) mass is 842 g/mol. The Kier molecular flexibility index (Phi) is 38.6. The van der Waals surface area contributed by atoms with E-state index in [-0.39, 0.29) is 19.1 Å². The summed E-state index contributed by atoms with van der Waals surface area (Å²) < 4.78 is 23.5. The van der Waals surface area contributed by atoms with E-state index in [9.17, 15) is 19.4 Å². The Balaban J connectivity index is 4.42. The minimum atomic E-state index is -4.36. The number of allylic oxidation sites excluding steroid dienone is 17. The van der Waals surface area contributed by atoms with Gasteiger partial charge in [-0.25, -0.2) is 4.57 Å². The molecule has 0 aromatic carbocycles. The number of aliphatic hydroxyl groups is 1. The molecule has 0 aliphatic heterocycles. The molecule has 3 unspecified atom stereocenters. The average molecular weight is 842 g/mol. The van der Waals surface area contributed by atoms with Gasteiger partial charge in [-0.05, 0) is 89.9 Å². The van der Waals surface area contributed by atoms with Crippen molar-refractivity contribution in [1.29, 1.82) is 0 Å². The van der Waals surface area contributed by atoms with Crippen LogP contribution in [-0.2, 0) is 18.4 Å². The zero-order valence-corrected chi connectivity index (χ0v) is 38.8. The molecule has 1 amide bonds. The van der Waals surface area contributed by atoms with E-state index in [1.54, 1.807) is 6.08 Å². The van der Waals surface area contributed by atoms with Gasteiger partial charge in [0.05, 0.1) is 39.9 Å². The fourth-order valence-electron chi connectivity index (χ4n) is 5.59. The maximum absolute atomic E-state index is 12.9. The lowest BCUT2D eigenvalue weighted by molar-refractivity contribution is -0.870. The van der Waals surface area contributed by atoms with Gasteiger partial charge in [0.25, 0.3) is 0 Å². The molecule has 3 N–H and O–H groups in total. The summed E-state index contributed by atoms with van der Waals surface area (Å²) in [5.74, 6) is -0.214. The molecule has 0 radical (unpaired) electrons. The van der Waals surface area contributed by atoms with E-state index < -0.39 is 20.0 Å². The number of nitrogens with zero attached hydrogens (tertiary/aromatic N) is 1. The fraction of sp³-hybridized carbons (Fsp3) is 0.620. The van der Waals surface area contributed by atoms with E-state index >= 15 is 0 Å². The number of nitrogens with one attached hydrogen (secondary N) is 1. The standard InChI is InChI=1S/C50H85N2O6P/c1-6-8-10-12-14-16-18-20-21-22-23-24-25-26-27-28-29-30-31-32-34-36-38-40-42-44-50(54)51-48(47-58-59(55,56)57-46-45-52(3,4)5)49(53)43-41-39-37-35-33-19-17-15-13-11-9-7-2/h8,10,13-16,20-21,23-24,26-27,29-30,33,35,41,43,48-49,53H,6-7,9,11-12,17-19,22,25,28,31-32,34,36-40,42,44-47H2,1-5H3,(H-,51,54,55,56)/p+1/b10-8-,15-13+,16-14-,21-20-,24-23-,27-26-,30-29-,35-33+,43-41+. The van der Waals surface area contributed by atoms with Crippen molar-refractivity contribution in [3.63, 3.8) is 0 Å². The van der Waals surface area contributed by atoms with Crippen molar-refractivity contribution in [1.82, 2.24) is 5.32 Å². The minimum absolute atomic E-state index is 0.0436. The van der Waals surface area contributed by atoms with Crippen molar-refractivity contribution in [3.05, 3.63) is 109 Å². The number of hydrogen-bond donors (Lipinski definition) is 3. The molecule has 0 spiro atoms. The predicted octanol–water partition coefficient (Wildman–Crippen LogP) is 12.9. The number of phosphoric acid groups is 1. The first kappa shape index (κ1) is 56.2. The molecular formula is C50H86N2O6P+. The lowest BCUT2D eigenvalue weighted by Crippen LogP contribution is -2.45. The van der Waals surface area contributed by atoms with Gasteiger partial charge in [-0.15, -0.1) is 0 Å². The molecule has 0 aliphatic rings. The van der Waals surface area contributed by atoms with Gasteiger partial charge in [0.1, 0.15) is 13.2 Å². The van der Waals surface area contributed by atoms with Crippen LogP contribution in [0.25, 0.3) is 0 Å². The summed E-state index contributed by atoms with van der Waals surface area (Å²) in [5, 5.41) is 13.8. The third-order valence-corrected chi connectivity index (χ3v) is 10.2. The number of aliphatic hydroxyl groups excluding tert-OH is 1. The Morgan fingerprint density at radius 1 is 0.593 bits per heavy atom. The second kappa shape index (κ2) is 40.6. The molecule has 0 saturated carbocycles. The van der Waals surface area contributed by atoms with Crippen LogP contribution in [-0.4, -0.2) is 73.4 Å². The zero-order chi connectivity index (χ0) is 43.6. The number of carbonyl (C=O) groups excluding carboxylic acids is 1. The highest BCUT2D eigenvalue weighted by Crippen LogP contribution is 2.43. The number of unbranched alkanes of at least 4 members (excludes halogenated alkanes) is 10. The molecule has 0 fully saturated rings. The normalized spacial score (nSPS) is 15.3. The molecule has 0 rings (SSSR count). The Labute approximate surface area is 361 Å². The molecule has 0 bridgehead atoms. The largest absolute Gasteiger partial charge is 0.472 e. The van der Waals surface area contributed by atoms with Crippen molar-refractivity contribution >= 4 is 13.7 Å². The number of hydrogen-bond acceptors (Lipinski definition) is 5. The van der Waals surface area contributed by atoms with Crippen molar-refractivity contribution in [2.24, 2.45) is 0 Å². The van der Waals surface area contributed by atoms with Crippen molar-refractivity contribution < 1.29 is 32.9 Å². The molecule has 9 heteroatoms. The van der Waals surface area contributed by atoms with Gasteiger partial charge in [-0.1, -0.05) is 162 Å². The van der Waals surface area contributed by atoms with Gasteiger partial charge < -0.3 is 19.8 Å². The summed E-state index contributed by atoms with van der Waals surface area (Å²) in [4.78, 5) is 23.1. The highest BCUT2D eigenvalue weighted by atomic mass is 31.2. The second-order valence-corrected chi connectivity index (χ2v) is 17.5. The van der Waals surface area contributed by atoms with Gasteiger partial charge in [0.2, 0.25) is 5.91 Å². The topological polar surface area (TPSA) is 105 Å². The molecule has 3 atom stereocenters. The van der Waals surface area contributed by atoms with Crippen LogP contribution in [0, 0.1) is 0 Å². The Morgan fingerprint density at radius 2 is 1.03 bits per heavy atom. The third kappa shape index (κ3) is 43.1. The summed E-state index contributed by atoms with van der Waals surface area (Å²) in [7, 11) is 1.51. The van der Waals surface area contributed by atoms with Crippen molar-refractivity contribution in [2.45, 2.75) is 161 Å². The number of likely N-dealkylation sites (N-methyl/N-ethyl adjacent to an activating group) is 1. The molecule has 0 aromatic rings. The van der Waals surface area contributed by atoms with E-state index in [2.05, 4.69) is 116 Å². The van der Waals surface area contributed by atoms with Crippen molar-refractivity contribution in [2.75, 3.05) is 40.9 Å². The highest BCUT2D eigenvalue weighted by Gasteiger charge is 2.27. The molecule has 0 saturated heterocycles. The van der Waals surface area contributed by atoms with Crippen LogP contribution >= 0.6 is 7.82 Å². The minimum Gasteiger partial charge on any atom is -0.387 e. The lowest BCUT2D eigenvalue weighted by Gasteiger charge is -2.25. The molecule has 0 heterocycles. The molecule has 8 nitrogen and oxygen atoms in total. The quantitative estimate of drug-likeness (QED) is 0.0246. The molecule has 336 valence electrons. The van der Waals surface area contributed by atoms with E-state index in [4.69, 9.17) is 9.05 Å². The SMILES string of the molecule is CC/C=C\C/C=C\C/C=C\C/C=C\C/C=C\C/C=C\CCCCCCCCC(=O)NC(COP(=O)(O)OCC[N+](C)(C)C)C(O)/C=C/CC/C=C/CC/C=C/CCCC. The van der Waals surface area contributed by atoms with Gasteiger partial charge >= 0.3 is 7.82 Å². The maximum atomic E-state index is 12.9. The summed E-state index contributed by atoms with van der Waals surface area (Å²) in [6.07, 6.45) is 58.8. The first-order chi connectivity index (χ1) is 28.5. The van der Waals surface area contributed by atoms with Crippen LogP contribution < -0.4 is 5.32 Å². The van der Waals surface area contributed by atoms with E-state index in [1.165, 1.54) is 19.3 Å². The number of quaternary nitrogens is 1. The number of rotatable bonds is 39. The number of amides is 1. The average Bonchev–Trinajstić information content (AvgIpc) is 3.19. The van der Waals surface area contributed by atoms with E-state index in [0.29, 0.717) is 17.4 Å². The number of phosphoric ester groups is 1. The zero-order valence-electron chi connectivity index (χ0n) is 37.9. The van der Waals surface area contributed by atoms with Crippen LogP contribution in [0.3, 0.4) is 0 Å². The summed E-state index contributed by atoms with van der Waals surface area (Å²) in [6.45, 7) is 4.57. The van der Waals surface area contributed by atoms with Crippen LogP contribution in [0.4, 0.5) is 0 Å². The van der Waals surface area contributed by atoms with Gasteiger partial charge in [0.15, 0.2) is 0 Å². The summed E-state index contributed by atoms with van der Waals surface area (Å²) in [5.41, 5.74) is 0. The summed E-state index contributed by atoms with van der Waals surface area (Å²) in [6, 6.07) is -0.884. The third-order valence-electron chi connectivity index (χ3n) is 9.20. The molecule has 0 aromatic heterocycles. The molecule has 59 heavy (non-hydrogen) atoms. The second-order valence-electron chi connectivity index (χ2n) is 16.0. The molecule has 0 aliphatic carbocycles. The van der Waals surface area contributed by atoms with Crippen LogP contribution in [0.15, 0.2) is 109 Å². The Morgan fingerprint density at radius 3 is 1.56 bits per heavy atom. The van der Waals surface area contributed by atoms with Crippen LogP contribution in [0.5, 0.6) is 0 Å². The van der Waals surface area contributed by atoms with Crippen LogP contribution in [0.1, 0.15) is 149 Å². The lowest BCUT2D eigenvalue weighted by atomic mass is 10.1. The maximum Gasteiger partial charge on any atom is 0.472 e. The van der Waals surface area contributed by atoms with E-state index in [1.807, 2.05) is 27.2 Å². The van der Waals surface area contributed by atoms with Gasteiger partial charge in [0, 0.05) is 6.42 Å². The first-order valence-electron chi connectivity index (χ1n) is 22.8. The summed E-state index contributed by atoms with van der Waals surface area (Å²) >= 11 is 0. The first-order valence-corrected chi connectivity index (χ1v) is 24.3. The van der Waals surface area contributed by atoms with E-state index in [0.717, 1.165) is 109 Å². The van der Waals surface area contributed by atoms with Gasteiger partial charge in [-0.3, -0.25) is 13.8 Å². The Bertz CT molecular complexity index is 1320. The smallest absolute Gasteiger partial charge is 0.387 e. The fourth-order valence-corrected chi connectivity index (χ4v) is 6.32. The number of carbonyl (C=O) groups is 1. The van der Waals surface area contributed by atoms with Crippen LogP contribution in [0.2, 0.25) is 0 Å². The van der Waals surface area contributed by atoms with Gasteiger partial charge in [-0.2, -0.15) is 0 Å². The molecular weight excluding hydrogens is 756 g/mol.